The van der Waals surface area contributed by atoms with Gasteiger partial charge in [-0.1, -0.05) is 36.0 Å². The van der Waals surface area contributed by atoms with Crippen LogP contribution in [0.2, 0.25) is 0 Å². The summed E-state index contributed by atoms with van der Waals surface area (Å²) in [7, 11) is 1.87. The molecule has 4 aromatic rings. The van der Waals surface area contributed by atoms with E-state index >= 15 is 0 Å². The number of aromatic nitrogens is 5. The third-order valence-electron chi connectivity index (χ3n) is 4.79. The van der Waals surface area contributed by atoms with Crippen molar-refractivity contribution in [2.75, 3.05) is 12.3 Å². The second kappa shape index (κ2) is 9.41. The number of nitrogens with zero attached hydrogens (tertiary/aromatic N) is 5. The van der Waals surface area contributed by atoms with Crippen LogP contribution < -0.4 is 5.32 Å². The van der Waals surface area contributed by atoms with Crippen molar-refractivity contribution >= 4 is 46.0 Å². The van der Waals surface area contributed by atoms with Gasteiger partial charge in [-0.15, -0.1) is 17.5 Å². The molecule has 2 aromatic carbocycles. The van der Waals surface area contributed by atoms with Crippen LogP contribution in [0.3, 0.4) is 0 Å². The molecule has 0 saturated carbocycles. The molecule has 0 radical (unpaired) electrons. The lowest BCUT2D eigenvalue weighted by Crippen LogP contribution is -2.15. The number of aryl methyl sites for hydroxylation is 2. The van der Waals surface area contributed by atoms with Gasteiger partial charge in [-0.05, 0) is 54.1 Å². The van der Waals surface area contributed by atoms with Gasteiger partial charge < -0.3 is 9.88 Å². The normalized spacial score (nSPS) is 11.2. The van der Waals surface area contributed by atoms with Gasteiger partial charge in [0.1, 0.15) is 0 Å². The molecule has 2 heterocycles. The van der Waals surface area contributed by atoms with E-state index in [1.165, 1.54) is 27.4 Å². The summed E-state index contributed by atoms with van der Waals surface area (Å²) in [6.07, 6.45) is 1.08. The number of hydrogen-bond acceptors (Lipinski definition) is 5. The Morgan fingerprint density at radius 1 is 1.07 bits per heavy atom. The molecule has 0 fully saturated rings. The molecule has 0 unspecified atom stereocenters. The molecule has 0 bridgehead atoms. The van der Waals surface area contributed by atoms with Gasteiger partial charge in [-0.2, -0.15) is 0 Å². The molecule has 0 atom stereocenters. The topological polar surface area (TPSA) is 60.6 Å². The molecule has 4 rings (SSSR count). The van der Waals surface area contributed by atoms with Crippen LogP contribution in [-0.4, -0.2) is 37.1 Å². The first-order valence-corrected chi connectivity index (χ1v) is 10.3. The Morgan fingerprint density at radius 2 is 1.89 bits per heavy atom. The van der Waals surface area contributed by atoms with E-state index in [4.69, 9.17) is 0 Å². The summed E-state index contributed by atoms with van der Waals surface area (Å²) in [5, 5.41) is 18.6. The Hall–Kier alpha value is -2.09. The van der Waals surface area contributed by atoms with Crippen LogP contribution in [0.4, 0.5) is 0 Å². The van der Waals surface area contributed by atoms with Gasteiger partial charge in [-0.3, -0.25) is 0 Å². The second-order valence-electron chi connectivity index (χ2n) is 6.58. The van der Waals surface area contributed by atoms with Gasteiger partial charge >= 0.3 is 0 Å². The number of para-hydroxylation sites is 1. The molecule has 0 saturated heterocycles. The van der Waals surface area contributed by atoms with Crippen LogP contribution in [0.25, 0.3) is 21.8 Å². The van der Waals surface area contributed by atoms with Gasteiger partial charge in [-0.25, -0.2) is 4.68 Å². The minimum absolute atomic E-state index is 0. The second-order valence-corrected chi connectivity index (χ2v) is 7.64. The molecule has 8 heteroatoms. The quantitative estimate of drug-likeness (QED) is 0.347. The third-order valence-corrected chi connectivity index (χ3v) is 5.89. The number of rotatable bonds is 8. The first-order chi connectivity index (χ1) is 13.3. The summed E-state index contributed by atoms with van der Waals surface area (Å²) in [6, 6.07) is 15.5. The fourth-order valence-electron chi connectivity index (χ4n) is 3.49. The summed E-state index contributed by atoms with van der Waals surface area (Å²) < 4.78 is 4.10. The summed E-state index contributed by atoms with van der Waals surface area (Å²) in [5.41, 5.74) is 3.96. The average molecular weight is 417 g/mol. The largest absolute Gasteiger partial charge is 0.341 e. The fourth-order valence-corrected chi connectivity index (χ4v) is 4.28. The van der Waals surface area contributed by atoms with Crippen molar-refractivity contribution in [1.29, 1.82) is 0 Å². The molecular weight excluding hydrogens is 392 g/mol. The predicted molar refractivity (Wildman–Crippen MR) is 118 cm³/mol. The van der Waals surface area contributed by atoms with Crippen LogP contribution in [0.15, 0.2) is 47.6 Å². The number of hydrogen-bond donors (Lipinski definition) is 1. The molecule has 0 aliphatic rings. The van der Waals surface area contributed by atoms with Crippen molar-refractivity contribution in [2.24, 2.45) is 7.05 Å². The van der Waals surface area contributed by atoms with Crippen LogP contribution >= 0.6 is 24.2 Å². The van der Waals surface area contributed by atoms with Crippen molar-refractivity contribution in [1.82, 2.24) is 30.1 Å². The number of fused-ring (bicyclic) bond motifs is 3. The van der Waals surface area contributed by atoms with E-state index in [1.807, 2.05) is 7.05 Å². The summed E-state index contributed by atoms with van der Waals surface area (Å²) >= 11 is 1.69. The minimum Gasteiger partial charge on any atom is -0.341 e. The summed E-state index contributed by atoms with van der Waals surface area (Å²) in [6.45, 7) is 5.06. The van der Waals surface area contributed by atoms with Gasteiger partial charge in [0.25, 0.3) is 0 Å². The fraction of sp³-hybridized carbons (Fsp3) is 0.350. The highest BCUT2D eigenvalue weighted by atomic mass is 35.5. The molecule has 28 heavy (non-hydrogen) atoms. The Kier molecular flexibility index (Phi) is 6.93. The van der Waals surface area contributed by atoms with Gasteiger partial charge in [0, 0.05) is 47.7 Å². The highest BCUT2D eigenvalue weighted by Crippen LogP contribution is 2.29. The lowest BCUT2D eigenvalue weighted by Gasteiger charge is -2.06. The minimum atomic E-state index is 0. The first-order valence-electron chi connectivity index (χ1n) is 9.33. The SMILES string of the molecule is CCn1c2ccccc2c2cc(CNCCCSc3nnnn3C)ccc21.Cl. The van der Waals surface area contributed by atoms with Crippen molar-refractivity contribution in [3.63, 3.8) is 0 Å². The van der Waals surface area contributed by atoms with Gasteiger partial charge in [0.05, 0.1) is 0 Å². The maximum Gasteiger partial charge on any atom is 0.209 e. The summed E-state index contributed by atoms with van der Waals surface area (Å²) in [4.78, 5) is 0. The number of benzene rings is 2. The Labute approximate surface area is 175 Å². The summed E-state index contributed by atoms with van der Waals surface area (Å²) in [5.74, 6) is 1.00. The lowest BCUT2D eigenvalue weighted by atomic mass is 10.1. The average Bonchev–Trinajstić information content (AvgIpc) is 3.25. The number of tetrazole rings is 1. The maximum atomic E-state index is 3.99. The molecule has 1 N–H and O–H groups in total. The van der Waals surface area contributed by atoms with Gasteiger partial charge in [0.2, 0.25) is 5.16 Å². The van der Waals surface area contributed by atoms with E-state index in [0.29, 0.717) is 0 Å². The van der Waals surface area contributed by atoms with Crippen LogP contribution in [0.1, 0.15) is 18.9 Å². The van der Waals surface area contributed by atoms with E-state index in [9.17, 15) is 0 Å². The molecule has 6 nitrogen and oxygen atoms in total. The van der Waals surface area contributed by atoms with Crippen molar-refractivity contribution in [2.45, 2.75) is 31.6 Å². The monoisotopic (exact) mass is 416 g/mol. The number of thioether (sulfide) groups is 1. The Morgan fingerprint density at radius 3 is 2.68 bits per heavy atom. The third kappa shape index (κ3) is 4.16. The highest BCUT2D eigenvalue weighted by Gasteiger charge is 2.09. The smallest absolute Gasteiger partial charge is 0.209 e. The zero-order valence-corrected chi connectivity index (χ0v) is 17.8. The molecule has 0 aliphatic carbocycles. The van der Waals surface area contributed by atoms with Crippen molar-refractivity contribution in [3.8, 4) is 0 Å². The van der Waals surface area contributed by atoms with Gasteiger partial charge in [0.15, 0.2) is 0 Å². The highest BCUT2D eigenvalue weighted by molar-refractivity contribution is 7.99. The first kappa shape index (κ1) is 20.6. The Balaban J connectivity index is 0.00000225. The van der Waals surface area contributed by atoms with E-state index in [-0.39, 0.29) is 12.4 Å². The molecular formula is C20H25ClN6S. The maximum absolute atomic E-state index is 3.99. The molecule has 0 aliphatic heterocycles. The number of halogens is 1. The molecule has 0 amide bonds. The van der Waals surface area contributed by atoms with E-state index in [1.54, 1.807) is 16.4 Å². The molecule has 2 aromatic heterocycles. The van der Waals surface area contributed by atoms with Crippen LogP contribution in [0, 0.1) is 0 Å². The molecule has 148 valence electrons. The van der Waals surface area contributed by atoms with E-state index < -0.39 is 0 Å². The lowest BCUT2D eigenvalue weighted by molar-refractivity contribution is 0.661. The Bertz CT molecular complexity index is 1060. The predicted octanol–water partition coefficient (Wildman–Crippen LogP) is 4.03. The van der Waals surface area contributed by atoms with E-state index in [0.717, 1.165) is 37.0 Å². The van der Waals surface area contributed by atoms with Crippen LogP contribution in [0.5, 0.6) is 0 Å². The molecule has 0 spiro atoms. The number of nitrogens with one attached hydrogen (secondary N) is 1. The van der Waals surface area contributed by atoms with Crippen molar-refractivity contribution < 1.29 is 0 Å². The zero-order valence-electron chi connectivity index (χ0n) is 16.1. The van der Waals surface area contributed by atoms with E-state index in [2.05, 4.69) is 74.8 Å². The zero-order chi connectivity index (χ0) is 18.6. The standard InChI is InChI=1S/C20H24N6S.ClH/c1-3-26-18-8-5-4-7-16(18)17-13-15(9-10-19(17)26)14-21-11-6-12-27-20-22-23-24-25(20)2;/h4-5,7-10,13,21H,3,6,11-12,14H2,1-2H3;1H. The van der Waals surface area contributed by atoms with Crippen LogP contribution in [-0.2, 0) is 20.1 Å². The van der Waals surface area contributed by atoms with Crippen molar-refractivity contribution in [3.05, 3.63) is 48.0 Å².